The highest BCUT2D eigenvalue weighted by Gasteiger charge is 2.29. The molecule has 1 amide bonds. The van der Waals surface area contributed by atoms with E-state index in [0.717, 1.165) is 34.9 Å². The lowest BCUT2D eigenvalue weighted by molar-refractivity contribution is -0.122. The lowest BCUT2D eigenvalue weighted by Gasteiger charge is -2.01. The van der Waals surface area contributed by atoms with Crippen molar-refractivity contribution in [3.8, 4) is 0 Å². The predicted molar refractivity (Wildman–Crippen MR) is 65.0 cm³/mol. The SMILES string of the molecule is Cc1nn2cc(CCNC(=O)C3CC3)nc2s1. The molecule has 2 aromatic rings. The van der Waals surface area contributed by atoms with Crippen LogP contribution in [0.15, 0.2) is 6.20 Å². The van der Waals surface area contributed by atoms with Crippen LogP contribution in [0.3, 0.4) is 0 Å². The van der Waals surface area contributed by atoms with Crippen LogP contribution in [0.5, 0.6) is 0 Å². The van der Waals surface area contributed by atoms with E-state index >= 15 is 0 Å². The Balaban J connectivity index is 1.56. The molecule has 2 aromatic heterocycles. The Morgan fingerprint density at radius 1 is 1.65 bits per heavy atom. The molecule has 1 aliphatic carbocycles. The van der Waals surface area contributed by atoms with Crippen LogP contribution >= 0.6 is 11.3 Å². The molecule has 2 heterocycles. The minimum absolute atomic E-state index is 0.194. The maximum atomic E-state index is 11.4. The van der Waals surface area contributed by atoms with Crippen LogP contribution in [0.25, 0.3) is 4.96 Å². The van der Waals surface area contributed by atoms with E-state index in [1.165, 1.54) is 0 Å². The van der Waals surface area contributed by atoms with Crippen LogP contribution in [0, 0.1) is 12.8 Å². The summed E-state index contributed by atoms with van der Waals surface area (Å²) in [6.45, 7) is 2.63. The third-order valence-electron chi connectivity index (χ3n) is 2.82. The van der Waals surface area contributed by atoms with E-state index in [4.69, 9.17) is 0 Å². The van der Waals surface area contributed by atoms with E-state index in [1.54, 1.807) is 15.9 Å². The van der Waals surface area contributed by atoms with Crippen molar-refractivity contribution in [2.45, 2.75) is 26.2 Å². The second-order valence-electron chi connectivity index (χ2n) is 4.40. The van der Waals surface area contributed by atoms with Crippen LogP contribution in [0.4, 0.5) is 0 Å². The van der Waals surface area contributed by atoms with Crippen molar-refractivity contribution in [3.63, 3.8) is 0 Å². The summed E-state index contributed by atoms with van der Waals surface area (Å²) in [5.74, 6) is 0.477. The Morgan fingerprint density at radius 2 is 2.47 bits per heavy atom. The predicted octanol–water partition coefficient (Wildman–Crippen LogP) is 1.17. The number of nitrogens with zero attached hydrogens (tertiary/aromatic N) is 3. The number of carbonyl (C=O) groups excluding carboxylic acids is 1. The second-order valence-corrected chi connectivity index (χ2v) is 5.56. The highest BCUT2D eigenvalue weighted by atomic mass is 32.1. The van der Waals surface area contributed by atoms with Crippen molar-refractivity contribution in [3.05, 3.63) is 16.9 Å². The number of imidazole rings is 1. The first kappa shape index (κ1) is 10.7. The fourth-order valence-electron chi connectivity index (χ4n) is 1.77. The maximum absolute atomic E-state index is 11.4. The zero-order valence-electron chi connectivity index (χ0n) is 9.64. The summed E-state index contributed by atoms with van der Waals surface area (Å²) in [6, 6.07) is 0. The normalized spacial score (nSPS) is 15.4. The van der Waals surface area contributed by atoms with E-state index in [2.05, 4.69) is 15.4 Å². The van der Waals surface area contributed by atoms with Gasteiger partial charge in [-0.05, 0) is 19.8 Å². The number of aryl methyl sites for hydroxylation is 1. The van der Waals surface area contributed by atoms with Gasteiger partial charge in [-0.3, -0.25) is 4.79 Å². The summed E-state index contributed by atoms with van der Waals surface area (Å²) < 4.78 is 1.80. The van der Waals surface area contributed by atoms with Gasteiger partial charge in [0.1, 0.15) is 5.01 Å². The number of amides is 1. The van der Waals surface area contributed by atoms with Crippen molar-refractivity contribution in [2.75, 3.05) is 6.54 Å². The third-order valence-corrected chi connectivity index (χ3v) is 3.66. The summed E-state index contributed by atoms with van der Waals surface area (Å²) in [5.41, 5.74) is 0.986. The van der Waals surface area contributed by atoms with Gasteiger partial charge in [0.15, 0.2) is 0 Å². The van der Waals surface area contributed by atoms with Gasteiger partial charge in [0.25, 0.3) is 0 Å². The number of rotatable bonds is 4. The van der Waals surface area contributed by atoms with Gasteiger partial charge >= 0.3 is 0 Å². The molecule has 1 saturated carbocycles. The Kier molecular flexibility index (Phi) is 2.58. The molecule has 1 aliphatic rings. The molecule has 90 valence electrons. The lowest BCUT2D eigenvalue weighted by Crippen LogP contribution is -2.26. The summed E-state index contributed by atoms with van der Waals surface area (Å²) in [7, 11) is 0. The number of nitrogens with one attached hydrogen (secondary N) is 1. The number of hydrogen-bond acceptors (Lipinski definition) is 4. The first-order valence-electron chi connectivity index (χ1n) is 5.82. The van der Waals surface area contributed by atoms with E-state index in [9.17, 15) is 4.79 Å². The Hall–Kier alpha value is -1.43. The maximum Gasteiger partial charge on any atom is 0.223 e. The first-order chi connectivity index (χ1) is 8.22. The smallest absolute Gasteiger partial charge is 0.223 e. The molecule has 0 unspecified atom stereocenters. The van der Waals surface area contributed by atoms with Gasteiger partial charge in [0.2, 0.25) is 10.9 Å². The minimum Gasteiger partial charge on any atom is -0.355 e. The molecule has 1 fully saturated rings. The van der Waals surface area contributed by atoms with Gasteiger partial charge in [-0.15, -0.1) is 0 Å². The van der Waals surface area contributed by atoms with Crippen LogP contribution in [-0.2, 0) is 11.2 Å². The van der Waals surface area contributed by atoms with Crippen molar-refractivity contribution in [1.82, 2.24) is 19.9 Å². The van der Waals surface area contributed by atoms with E-state index in [0.29, 0.717) is 6.54 Å². The lowest BCUT2D eigenvalue weighted by atomic mass is 10.3. The van der Waals surface area contributed by atoms with Crippen molar-refractivity contribution in [2.24, 2.45) is 5.92 Å². The van der Waals surface area contributed by atoms with Crippen molar-refractivity contribution < 1.29 is 4.79 Å². The average Bonchev–Trinajstić information content (AvgIpc) is 2.97. The van der Waals surface area contributed by atoms with Gasteiger partial charge in [-0.1, -0.05) is 11.3 Å². The fourth-order valence-corrected chi connectivity index (χ4v) is 2.51. The quantitative estimate of drug-likeness (QED) is 0.886. The van der Waals surface area contributed by atoms with E-state index < -0.39 is 0 Å². The molecule has 0 spiro atoms. The summed E-state index contributed by atoms with van der Waals surface area (Å²) in [5, 5.41) is 8.25. The first-order valence-corrected chi connectivity index (χ1v) is 6.63. The van der Waals surface area contributed by atoms with Gasteiger partial charge in [-0.2, -0.15) is 5.10 Å². The monoisotopic (exact) mass is 250 g/mol. The summed E-state index contributed by atoms with van der Waals surface area (Å²) in [6.07, 6.45) is 4.81. The second kappa shape index (κ2) is 4.10. The molecule has 17 heavy (non-hydrogen) atoms. The number of carbonyl (C=O) groups is 1. The topological polar surface area (TPSA) is 59.3 Å². The molecule has 0 bridgehead atoms. The molecular weight excluding hydrogens is 236 g/mol. The average molecular weight is 250 g/mol. The van der Waals surface area contributed by atoms with Gasteiger partial charge < -0.3 is 5.32 Å². The van der Waals surface area contributed by atoms with Gasteiger partial charge in [0, 0.05) is 18.9 Å². The Labute approximate surface area is 103 Å². The molecule has 0 aromatic carbocycles. The van der Waals surface area contributed by atoms with Crippen molar-refractivity contribution >= 4 is 22.2 Å². The number of aromatic nitrogens is 3. The number of hydrogen-bond donors (Lipinski definition) is 1. The van der Waals surface area contributed by atoms with E-state index in [-0.39, 0.29) is 11.8 Å². The third kappa shape index (κ3) is 2.31. The highest BCUT2D eigenvalue weighted by Crippen LogP contribution is 2.28. The van der Waals surface area contributed by atoms with Crippen LogP contribution in [-0.4, -0.2) is 27.0 Å². The molecule has 1 N–H and O–H groups in total. The molecule has 5 nitrogen and oxygen atoms in total. The summed E-state index contributed by atoms with van der Waals surface area (Å²) in [4.78, 5) is 16.8. The number of fused-ring (bicyclic) bond motifs is 1. The van der Waals surface area contributed by atoms with Crippen molar-refractivity contribution in [1.29, 1.82) is 0 Å². The zero-order chi connectivity index (χ0) is 11.8. The van der Waals surface area contributed by atoms with Crippen LogP contribution in [0.2, 0.25) is 0 Å². The largest absolute Gasteiger partial charge is 0.355 e. The van der Waals surface area contributed by atoms with Gasteiger partial charge in [0.05, 0.1) is 11.9 Å². The fraction of sp³-hybridized carbons (Fsp3) is 0.545. The van der Waals surface area contributed by atoms with Crippen LogP contribution < -0.4 is 5.32 Å². The molecule has 0 aliphatic heterocycles. The summed E-state index contributed by atoms with van der Waals surface area (Å²) >= 11 is 1.58. The minimum atomic E-state index is 0.194. The van der Waals surface area contributed by atoms with E-state index in [1.807, 2.05) is 13.1 Å². The molecule has 0 atom stereocenters. The molecule has 0 radical (unpaired) electrons. The Bertz CT molecular complexity index is 523. The molecule has 6 heteroatoms. The standard InChI is InChI=1S/C11H14N4OS/c1-7-14-15-6-9(13-11(15)17-7)4-5-12-10(16)8-2-3-8/h6,8H,2-5H2,1H3,(H,12,16). The molecule has 0 saturated heterocycles. The zero-order valence-corrected chi connectivity index (χ0v) is 10.5. The molecule has 3 rings (SSSR count). The Morgan fingerprint density at radius 3 is 3.18 bits per heavy atom. The highest BCUT2D eigenvalue weighted by molar-refractivity contribution is 7.16. The van der Waals surface area contributed by atoms with Crippen LogP contribution in [0.1, 0.15) is 23.5 Å². The van der Waals surface area contributed by atoms with Gasteiger partial charge in [-0.25, -0.2) is 9.50 Å². The molecular formula is C11H14N4OS.